The number of hydrogen-bond donors (Lipinski definition) is 0. The molecule has 2 spiro atoms. The summed E-state index contributed by atoms with van der Waals surface area (Å²) in [6, 6.07) is 0. The number of alkyl halides is 2. The van der Waals surface area contributed by atoms with Gasteiger partial charge in [-0.2, -0.15) is 0 Å². The van der Waals surface area contributed by atoms with Gasteiger partial charge < -0.3 is 0 Å². The average Bonchev–Trinajstić information content (AvgIpc) is 3.13. The van der Waals surface area contributed by atoms with Gasteiger partial charge in [-0.15, -0.1) is 0 Å². The molecule has 0 aromatic heterocycles. The molecule has 0 radical (unpaired) electrons. The van der Waals surface area contributed by atoms with E-state index in [1.165, 1.54) is 25.7 Å². The number of allylic oxidation sites excluding steroid dienone is 2. The van der Waals surface area contributed by atoms with Crippen LogP contribution in [0.3, 0.4) is 0 Å². The first-order valence-corrected chi connectivity index (χ1v) is 7.98. The summed E-state index contributed by atoms with van der Waals surface area (Å²) in [4.78, 5) is 0. The maximum Gasteiger partial charge on any atom is 0.172 e. The fourth-order valence-corrected chi connectivity index (χ4v) is 8.04. The molecule has 0 unspecified atom stereocenters. The van der Waals surface area contributed by atoms with Gasteiger partial charge in [-0.1, -0.05) is 12.2 Å². The summed E-state index contributed by atoms with van der Waals surface area (Å²) in [6.07, 6.45) is 10.5. The minimum Gasteiger partial charge on any atom is -0.231 e. The average molecular weight is 295 g/mol. The molecule has 5 saturated carbocycles. The lowest BCUT2D eigenvalue weighted by Gasteiger charge is -2.31. The zero-order valence-corrected chi connectivity index (χ0v) is 11.3. The van der Waals surface area contributed by atoms with Crippen molar-refractivity contribution >= 4 is 15.9 Å². The monoisotopic (exact) mass is 294 g/mol. The van der Waals surface area contributed by atoms with Crippen molar-refractivity contribution in [1.29, 1.82) is 0 Å². The second-order valence-electron chi connectivity index (χ2n) is 7.68. The van der Waals surface area contributed by atoms with E-state index in [1.54, 1.807) is 0 Å². The summed E-state index contributed by atoms with van der Waals surface area (Å²) in [5.41, 5.74) is 1.08. The van der Waals surface area contributed by atoms with E-state index in [4.69, 9.17) is 0 Å². The molecule has 2 heteroatoms. The molecule has 5 fully saturated rings. The Morgan fingerprint density at radius 3 is 2.24 bits per heavy atom. The minimum absolute atomic E-state index is 0.368. The standard InChI is InChI=1S/C15H16BrF/c16-15(17)11-9-7-1-2-8(13(7)3-4-13)10(9)14(5-6-14)12(11)15/h1-2,7-12H,3-6H2/t7-,8+,9+,10-,11+,12-,15+/m1/s1. The summed E-state index contributed by atoms with van der Waals surface area (Å²) < 4.78 is 13.6. The first-order chi connectivity index (χ1) is 8.13. The van der Waals surface area contributed by atoms with E-state index in [0.29, 0.717) is 28.6 Å². The number of hydrogen-bond acceptors (Lipinski definition) is 0. The molecule has 6 aliphatic carbocycles. The van der Waals surface area contributed by atoms with Crippen molar-refractivity contribution < 1.29 is 4.39 Å². The largest absolute Gasteiger partial charge is 0.231 e. The molecular formula is C15H16BrF. The highest BCUT2D eigenvalue weighted by Crippen LogP contribution is 2.92. The molecule has 0 amide bonds. The molecule has 2 bridgehead atoms. The van der Waals surface area contributed by atoms with Crippen LogP contribution < -0.4 is 0 Å². The Bertz CT molecular complexity index is 485. The van der Waals surface area contributed by atoms with Gasteiger partial charge in [-0.3, -0.25) is 0 Å². The summed E-state index contributed by atoms with van der Waals surface area (Å²) in [5.74, 6) is 3.91. The first kappa shape index (κ1) is 9.12. The van der Waals surface area contributed by atoms with Crippen LogP contribution in [-0.2, 0) is 0 Å². The maximum atomic E-state index is 14.6. The van der Waals surface area contributed by atoms with Gasteiger partial charge in [0, 0.05) is 11.8 Å². The van der Waals surface area contributed by atoms with Crippen LogP contribution in [0.25, 0.3) is 0 Å². The highest BCUT2D eigenvalue weighted by molar-refractivity contribution is 9.10. The molecule has 0 aromatic rings. The highest BCUT2D eigenvalue weighted by Gasteiger charge is 2.90. The van der Waals surface area contributed by atoms with E-state index >= 15 is 0 Å². The fourth-order valence-electron chi connectivity index (χ4n) is 6.86. The number of halogens is 2. The van der Waals surface area contributed by atoms with Crippen molar-refractivity contribution in [3.63, 3.8) is 0 Å². The van der Waals surface area contributed by atoms with Crippen molar-refractivity contribution in [3.8, 4) is 0 Å². The van der Waals surface area contributed by atoms with Crippen LogP contribution in [0.1, 0.15) is 25.7 Å². The third-order valence-electron chi connectivity index (χ3n) is 7.53. The predicted octanol–water partition coefficient (Wildman–Crippen LogP) is 3.92. The van der Waals surface area contributed by atoms with E-state index in [2.05, 4.69) is 28.1 Å². The lowest BCUT2D eigenvalue weighted by atomic mass is 9.74. The zero-order valence-electron chi connectivity index (χ0n) is 9.70. The van der Waals surface area contributed by atoms with Crippen molar-refractivity contribution in [2.24, 2.45) is 46.3 Å². The summed E-state index contributed by atoms with van der Waals surface area (Å²) in [6.45, 7) is 0. The van der Waals surface area contributed by atoms with Crippen LogP contribution in [0.2, 0.25) is 0 Å². The van der Waals surface area contributed by atoms with Crippen LogP contribution in [-0.4, -0.2) is 4.58 Å². The SMILES string of the molecule is F[C@@]1(Br)[C@H]2[C@@H]3[C@@H]([C@@H]4C=C[C@H]3C43CC3)C3(CC3)[C@@H]21. The van der Waals surface area contributed by atoms with E-state index in [0.717, 1.165) is 17.8 Å². The Kier molecular flexibility index (Phi) is 1.12. The molecule has 7 atom stereocenters. The predicted molar refractivity (Wildman–Crippen MR) is 66.2 cm³/mol. The summed E-state index contributed by atoms with van der Waals surface area (Å²) in [5, 5.41) is 0. The quantitative estimate of drug-likeness (QED) is 0.469. The number of rotatable bonds is 0. The number of fused-ring (bicyclic) bond motifs is 7. The zero-order chi connectivity index (χ0) is 11.2. The van der Waals surface area contributed by atoms with Crippen LogP contribution in [0.15, 0.2) is 12.2 Å². The molecule has 0 nitrogen and oxygen atoms in total. The molecular weight excluding hydrogens is 279 g/mol. The molecule has 90 valence electrons. The topological polar surface area (TPSA) is 0 Å². The highest BCUT2D eigenvalue weighted by atomic mass is 79.9. The molecule has 0 saturated heterocycles. The summed E-state index contributed by atoms with van der Waals surface area (Å²) >= 11 is 3.42. The Morgan fingerprint density at radius 2 is 1.59 bits per heavy atom. The summed E-state index contributed by atoms with van der Waals surface area (Å²) in [7, 11) is 0. The molecule has 6 aliphatic rings. The third-order valence-corrected chi connectivity index (χ3v) is 8.55. The van der Waals surface area contributed by atoms with E-state index in [9.17, 15) is 4.39 Å². The van der Waals surface area contributed by atoms with Gasteiger partial charge in [-0.25, -0.2) is 4.39 Å². The molecule has 0 aromatic carbocycles. The smallest absolute Gasteiger partial charge is 0.172 e. The Balaban J connectivity index is 1.57. The maximum absolute atomic E-state index is 14.6. The fraction of sp³-hybridized carbons (Fsp3) is 0.867. The van der Waals surface area contributed by atoms with Crippen LogP contribution in [0.5, 0.6) is 0 Å². The van der Waals surface area contributed by atoms with Crippen molar-refractivity contribution in [2.75, 3.05) is 0 Å². The first-order valence-electron chi connectivity index (χ1n) is 7.19. The van der Waals surface area contributed by atoms with Gasteiger partial charge in [0.2, 0.25) is 0 Å². The molecule has 0 aliphatic heterocycles. The van der Waals surface area contributed by atoms with Crippen LogP contribution in [0.4, 0.5) is 4.39 Å². The lowest BCUT2D eigenvalue weighted by Crippen LogP contribution is -2.29. The van der Waals surface area contributed by atoms with Crippen molar-refractivity contribution in [1.82, 2.24) is 0 Å². The minimum atomic E-state index is -0.973. The van der Waals surface area contributed by atoms with Crippen molar-refractivity contribution in [2.45, 2.75) is 30.3 Å². The van der Waals surface area contributed by atoms with Gasteiger partial charge in [-0.05, 0) is 76.1 Å². The molecule has 6 rings (SSSR count). The van der Waals surface area contributed by atoms with Crippen LogP contribution in [0, 0.1) is 46.3 Å². The Morgan fingerprint density at radius 1 is 0.941 bits per heavy atom. The van der Waals surface area contributed by atoms with Crippen LogP contribution >= 0.6 is 15.9 Å². The van der Waals surface area contributed by atoms with E-state index in [-0.39, 0.29) is 0 Å². The normalized spacial score (nSPS) is 68.6. The molecule has 17 heavy (non-hydrogen) atoms. The van der Waals surface area contributed by atoms with Gasteiger partial charge in [0.15, 0.2) is 4.58 Å². The molecule has 0 N–H and O–H groups in total. The Labute approximate surface area is 109 Å². The van der Waals surface area contributed by atoms with E-state index in [1.807, 2.05) is 0 Å². The van der Waals surface area contributed by atoms with E-state index < -0.39 is 4.58 Å². The third kappa shape index (κ3) is 0.676. The second kappa shape index (κ2) is 2.09. The van der Waals surface area contributed by atoms with Gasteiger partial charge >= 0.3 is 0 Å². The second-order valence-corrected chi connectivity index (χ2v) is 8.90. The lowest BCUT2D eigenvalue weighted by molar-refractivity contribution is 0.165. The molecule has 0 heterocycles. The van der Waals surface area contributed by atoms with Gasteiger partial charge in [0.25, 0.3) is 0 Å². The van der Waals surface area contributed by atoms with Gasteiger partial charge in [0.05, 0.1) is 0 Å². The Hall–Kier alpha value is 0.150. The van der Waals surface area contributed by atoms with Crippen molar-refractivity contribution in [3.05, 3.63) is 12.2 Å². The van der Waals surface area contributed by atoms with Gasteiger partial charge in [0.1, 0.15) is 0 Å².